The average Bonchev–Trinajstić information content (AvgIpc) is 2.68. The molecule has 0 atom stereocenters. The van der Waals surface area contributed by atoms with Crippen LogP contribution in [0.5, 0.6) is 0 Å². The minimum atomic E-state index is -3.54. The molecule has 2 aromatic rings. The van der Waals surface area contributed by atoms with Gasteiger partial charge in [-0.05, 0) is 42.9 Å². The number of anilines is 1. The van der Waals surface area contributed by atoms with Gasteiger partial charge in [0.1, 0.15) is 0 Å². The molecule has 1 aromatic heterocycles. The molecule has 0 aliphatic carbocycles. The summed E-state index contributed by atoms with van der Waals surface area (Å²) in [5.41, 5.74) is 1.40. The SMILES string of the molecule is CN1[CH]CN(S(=O)(=O)c2ccc(NC(=O)NCc3cccnc3)cc2)CC1. The first-order valence-electron chi connectivity index (χ1n) is 8.53. The minimum Gasteiger partial charge on any atom is -0.334 e. The van der Waals surface area contributed by atoms with Gasteiger partial charge < -0.3 is 10.6 Å². The van der Waals surface area contributed by atoms with Crippen molar-refractivity contribution < 1.29 is 13.2 Å². The fourth-order valence-electron chi connectivity index (χ4n) is 2.62. The fraction of sp³-hybridized carbons (Fsp3) is 0.278. The van der Waals surface area contributed by atoms with Crippen LogP contribution in [-0.4, -0.2) is 55.3 Å². The molecule has 0 unspecified atom stereocenters. The van der Waals surface area contributed by atoms with E-state index in [4.69, 9.17) is 0 Å². The Morgan fingerprint density at radius 2 is 1.96 bits per heavy atom. The number of carbonyl (C=O) groups excluding carboxylic acids is 1. The number of aromatic nitrogens is 1. The highest BCUT2D eigenvalue weighted by atomic mass is 32.2. The Balaban J connectivity index is 1.57. The summed E-state index contributed by atoms with van der Waals surface area (Å²) in [6.45, 7) is 3.67. The van der Waals surface area contributed by atoms with Crippen LogP contribution in [0, 0.1) is 6.54 Å². The van der Waals surface area contributed by atoms with Crippen LogP contribution in [0.3, 0.4) is 0 Å². The molecule has 0 bridgehead atoms. The normalized spacial score (nSPS) is 16.0. The Morgan fingerprint density at radius 1 is 1.19 bits per heavy atom. The van der Waals surface area contributed by atoms with Gasteiger partial charge in [0.2, 0.25) is 10.0 Å². The van der Waals surface area contributed by atoms with Gasteiger partial charge in [0.05, 0.1) is 4.90 Å². The van der Waals surface area contributed by atoms with Crippen LogP contribution in [0.1, 0.15) is 5.56 Å². The Morgan fingerprint density at radius 3 is 2.59 bits per heavy atom. The molecule has 1 fully saturated rings. The summed E-state index contributed by atoms with van der Waals surface area (Å²) in [5.74, 6) is 0. The van der Waals surface area contributed by atoms with Crippen molar-refractivity contribution in [1.29, 1.82) is 0 Å². The molecule has 1 aliphatic heterocycles. The van der Waals surface area contributed by atoms with E-state index in [9.17, 15) is 13.2 Å². The Hall–Kier alpha value is -2.49. The van der Waals surface area contributed by atoms with Crippen LogP contribution in [0.15, 0.2) is 53.7 Å². The number of amides is 2. The zero-order valence-corrected chi connectivity index (χ0v) is 15.8. The van der Waals surface area contributed by atoms with E-state index >= 15 is 0 Å². The molecule has 2 N–H and O–H groups in total. The molecular weight excluding hydrogens is 366 g/mol. The van der Waals surface area contributed by atoms with Crippen LogP contribution in [0.2, 0.25) is 0 Å². The molecule has 0 spiro atoms. The maximum absolute atomic E-state index is 12.7. The molecule has 27 heavy (non-hydrogen) atoms. The highest BCUT2D eigenvalue weighted by molar-refractivity contribution is 7.89. The zero-order valence-electron chi connectivity index (χ0n) is 15.0. The molecular formula is C18H22N5O3S. The quantitative estimate of drug-likeness (QED) is 0.810. The summed E-state index contributed by atoms with van der Waals surface area (Å²) < 4.78 is 26.8. The van der Waals surface area contributed by atoms with Crippen molar-refractivity contribution in [2.75, 3.05) is 32.0 Å². The number of likely N-dealkylation sites (N-methyl/N-ethyl adjacent to an activating group) is 1. The summed E-state index contributed by atoms with van der Waals surface area (Å²) in [6, 6.07) is 9.46. The number of pyridine rings is 1. The number of sulfonamides is 1. The Kier molecular flexibility index (Phi) is 6.04. The molecule has 143 valence electrons. The van der Waals surface area contributed by atoms with Crippen LogP contribution < -0.4 is 10.6 Å². The first-order valence-corrected chi connectivity index (χ1v) is 9.97. The number of carbonyl (C=O) groups is 1. The van der Waals surface area contributed by atoms with E-state index in [1.807, 2.05) is 24.6 Å². The van der Waals surface area contributed by atoms with Crippen LogP contribution in [0.25, 0.3) is 0 Å². The van der Waals surface area contributed by atoms with Crippen molar-refractivity contribution in [3.05, 3.63) is 60.9 Å². The topological polar surface area (TPSA) is 94.6 Å². The van der Waals surface area contributed by atoms with E-state index in [1.165, 1.54) is 16.4 Å². The third-order valence-corrected chi connectivity index (χ3v) is 6.10. The van der Waals surface area contributed by atoms with E-state index in [-0.39, 0.29) is 10.9 Å². The molecule has 0 saturated carbocycles. The molecule has 8 nitrogen and oxygen atoms in total. The molecule has 2 heterocycles. The van der Waals surface area contributed by atoms with E-state index < -0.39 is 10.0 Å². The second-order valence-electron chi connectivity index (χ2n) is 6.22. The lowest BCUT2D eigenvalue weighted by Crippen LogP contribution is -2.44. The lowest BCUT2D eigenvalue weighted by Gasteiger charge is -2.31. The predicted molar refractivity (Wildman–Crippen MR) is 102 cm³/mol. The lowest BCUT2D eigenvalue weighted by molar-refractivity contribution is 0.251. The molecule has 2 amide bonds. The van der Waals surface area contributed by atoms with Gasteiger partial charge in [-0.25, -0.2) is 13.2 Å². The van der Waals surface area contributed by atoms with Crippen LogP contribution >= 0.6 is 0 Å². The second-order valence-corrected chi connectivity index (χ2v) is 8.16. The number of piperazine rings is 1. The lowest BCUT2D eigenvalue weighted by atomic mass is 10.3. The number of benzene rings is 1. The van der Waals surface area contributed by atoms with Crippen LogP contribution in [-0.2, 0) is 16.6 Å². The molecule has 1 aromatic carbocycles. The smallest absolute Gasteiger partial charge is 0.319 e. The number of hydrogen-bond acceptors (Lipinski definition) is 5. The standard InChI is InChI=1S/C18H22N5O3S/c1-22-9-11-23(12-10-22)27(25,26)17-6-4-16(5-7-17)21-18(24)20-14-15-3-2-8-19-13-15/h2-9,13H,10-12,14H2,1H3,(H2,20,21,24). The van der Waals surface area contributed by atoms with E-state index in [0.29, 0.717) is 31.9 Å². The van der Waals surface area contributed by atoms with Gasteiger partial charge in [-0.15, -0.1) is 0 Å². The van der Waals surface area contributed by atoms with Gasteiger partial charge in [-0.2, -0.15) is 4.31 Å². The van der Waals surface area contributed by atoms with Gasteiger partial charge in [0, 0.05) is 50.8 Å². The maximum Gasteiger partial charge on any atom is 0.319 e. The van der Waals surface area contributed by atoms with Gasteiger partial charge >= 0.3 is 6.03 Å². The predicted octanol–water partition coefficient (Wildman–Crippen LogP) is 1.50. The zero-order chi connectivity index (χ0) is 19.3. The van der Waals surface area contributed by atoms with E-state index in [2.05, 4.69) is 15.6 Å². The van der Waals surface area contributed by atoms with Crippen molar-refractivity contribution in [1.82, 2.24) is 19.5 Å². The van der Waals surface area contributed by atoms with Crippen molar-refractivity contribution in [3.8, 4) is 0 Å². The highest BCUT2D eigenvalue weighted by Crippen LogP contribution is 2.20. The molecule has 3 rings (SSSR count). The Labute approximate surface area is 159 Å². The highest BCUT2D eigenvalue weighted by Gasteiger charge is 2.27. The van der Waals surface area contributed by atoms with Crippen molar-refractivity contribution in [3.63, 3.8) is 0 Å². The maximum atomic E-state index is 12.7. The molecule has 9 heteroatoms. The number of nitrogens with one attached hydrogen (secondary N) is 2. The monoisotopic (exact) mass is 388 g/mol. The number of rotatable bonds is 5. The summed E-state index contributed by atoms with van der Waals surface area (Å²) in [5, 5.41) is 5.41. The summed E-state index contributed by atoms with van der Waals surface area (Å²) in [4.78, 5) is 18.1. The van der Waals surface area contributed by atoms with Gasteiger partial charge in [0.15, 0.2) is 0 Å². The van der Waals surface area contributed by atoms with E-state index in [1.54, 1.807) is 30.6 Å². The number of nitrogens with zero attached hydrogens (tertiary/aromatic N) is 3. The number of urea groups is 1. The van der Waals surface area contributed by atoms with Gasteiger partial charge in [0.25, 0.3) is 0 Å². The average molecular weight is 388 g/mol. The van der Waals surface area contributed by atoms with E-state index in [0.717, 1.165) is 5.56 Å². The van der Waals surface area contributed by atoms with Gasteiger partial charge in [-0.3, -0.25) is 9.88 Å². The third-order valence-electron chi connectivity index (χ3n) is 4.22. The summed E-state index contributed by atoms with van der Waals surface area (Å²) in [6.07, 6.45) is 3.34. The first kappa shape index (κ1) is 19.3. The van der Waals surface area contributed by atoms with Crippen molar-refractivity contribution in [2.24, 2.45) is 0 Å². The largest absolute Gasteiger partial charge is 0.334 e. The molecule has 1 radical (unpaired) electrons. The summed E-state index contributed by atoms with van der Waals surface area (Å²) in [7, 11) is -1.62. The first-order chi connectivity index (χ1) is 12.9. The Bertz CT molecular complexity index is 864. The minimum absolute atomic E-state index is 0.210. The molecule has 1 aliphatic rings. The second kappa shape index (κ2) is 8.47. The summed E-state index contributed by atoms with van der Waals surface area (Å²) >= 11 is 0. The fourth-order valence-corrected chi connectivity index (χ4v) is 3.98. The third kappa shape index (κ3) is 5.03. The molecule has 1 saturated heterocycles. The van der Waals surface area contributed by atoms with Gasteiger partial charge in [-0.1, -0.05) is 6.07 Å². The van der Waals surface area contributed by atoms with Crippen molar-refractivity contribution >= 4 is 21.7 Å². The van der Waals surface area contributed by atoms with Crippen LogP contribution in [0.4, 0.5) is 10.5 Å². The van der Waals surface area contributed by atoms with Crippen molar-refractivity contribution in [2.45, 2.75) is 11.4 Å². The number of hydrogen-bond donors (Lipinski definition) is 2.